The van der Waals surface area contributed by atoms with Gasteiger partial charge >= 0.3 is 0 Å². The molecule has 1 fully saturated rings. The highest BCUT2D eigenvalue weighted by Gasteiger charge is 2.26. The smallest absolute Gasteiger partial charge is 0.214 e. The molecule has 1 N–H and O–H groups in total. The minimum absolute atomic E-state index is 0.336. The minimum atomic E-state index is 0.336. The van der Waals surface area contributed by atoms with E-state index in [1.54, 1.807) is 0 Å². The van der Waals surface area contributed by atoms with Gasteiger partial charge in [0.15, 0.2) is 0 Å². The monoisotopic (exact) mass is 290 g/mol. The second-order valence-electron chi connectivity index (χ2n) is 6.45. The van der Waals surface area contributed by atoms with Gasteiger partial charge in [-0.1, -0.05) is 27.7 Å². The van der Waals surface area contributed by atoms with E-state index in [-0.39, 0.29) is 0 Å². The Morgan fingerprint density at radius 2 is 2.00 bits per heavy atom. The molecule has 3 unspecified atom stereocenters. The Balaban J connectivity index is 2.04. The van der Waals surface area contributed by atoms with Crippen LogP contribution in [0.4, 0.5) is 0 Å². The first-order valence-corrected chi connectivity index (χ1v) is 8.49. The first kappa shape index (κ1) is 16.3. The van der Waals surface area contributed by atoms with Crippen molar-refractivity contribution >= 4 is 0 Å². The van der Waals surface area contributed by atoms with Gasteiger partial charge in [0.25, 0.3) is 0 Å². The average molecular weight is 290 g/mol. The molecule has 1 aliphatic rings. The van der Waals surface area contributed by atoms with Crippen LogP contribution in [0.2, 0.25) is 0 Å². The van der Waals surface area contributed by atoms with Crippen LogP contribution in [0.25, 0.3) is 0 Å². The molecule has 3 heteroatoms. The number of pyridine rings is 1. The average Bonchev–Trinajstić information content (AvgIpc) is 2.48. The van der Waals surface area contributed by atoms with Gasteiger partial charge in [-0.2, -0.15) is 0 Å². The molecular formula is C18H30N2O. The van der Waals surface area contributed by atoms with Crippen molar-refractivity contribution in [1.29, 1.82) is 0 Å². The summed E-state index contributed by atoms with van der Waals surface area (Å²) in [7, 11) is 0. The number of ether oxygens (including phenoxy) is 1. The summed E-state index contributed by atoms with van der Waals surface area (Å²) in [5.41, 5.74) is 2.40. The van der Waals surface area contributed by atoms with E-state index < -0.39 is 0 Å². The van der Waals surface area contributed by atoms with Gasteiger partial charge in [0, 0.05) is 18.3 Å². The maximum atomic E-state index is 6.20. The lowest BCUT2D eigenvalue weighted by atomic mass is 9.80. The van der Waals surface area contributed by atoms with E-state index in [1.165, 1.54) is 12.0 Å². The molecule has 1 aliphatic carbocycles. The van der Waals surface area contributed by atoms with Crippen LogP contribution in [0, 0.1) is 11.8 Å². The van der Waals surface area contributed by atoms with Crippen LogP contribution in [-0.4, -0.2) is 17.6 Å². The third-order valence-electron chi connectivity index (χ3n) is 4.69. The summed E-state index contributed by atoms with van der Waals surface area (Å²) in [5.74, 6) is 2.39. The molecule has 1 heterocycles. The topological polar surface area (TPSA) is 34.2 Å². The van der Waals surface area contributed by atoms with Crippen molar-refractivity contribution < 1.29 is 4.74 Å². The minimum Gasteiger partial charge on any atom is -0.474 e. The van der Waals surface area contributed by atoms with E-state index in [0.717, 1.165) is 55.8 Å². The van der Waals surface area contributed by atoms with Gasteiger partial charge in [-0.3, -0.25) is 0 Å². The van der Waals surface area contributed by atoms with Crippen LogP contribution in [0.3, 0.4) is 0 Å². The Bertz CT molecular complexity index is 447. The van der Waals surface area contributed by atoms with Crippen molar-refractivity contribution in [2.24, 2.45) is 11.8 Å². The Hall–Kier alpha value is -1.09. The fourth-order valence-corrected chi connectivity index (χ4v) is 3.01. The molecule has 3 atom stereocenters. The van der Waals surface area contributed by atoms with Crippen LogP contribution >= 0.6 is 0 Å². The Morgan fingerprint density at radius 1 is 1.19 bits per heavy atom. The van der Waals surface area contributed by atoms with Crippen molar-refractivity contribution in [2.45, 2.75) is 66.0 Å². The molecule has 21 heavy (non-hydrogen) atoms. The molecule has 0 amide bonds. The SMILES string of the molecule is CCNCc1cc(CC)nc(OC2CCC(C)C(C)C2)c1. The zero-order valence-electron chi connectivity index (χ0n) is 14.0. The molecule has 1 saturated carbocycles. The Kier molecular flexibility index (Phi) is 6.04. The Labute approximate surface area is 129 Å². The summed E-state index contributed by atoms with van der Waals surface area (Å²) in [6.45, 7) is 10.8. The predicted molar refractivity (Wildman–Crippen MR) is 87.6 cm³/mol. The molecule has 0 saturated heterocycles. The van der Waals surface area contributed by atoms with Gasteiger partial charge < -0.3 is 10.1 Å². The van der Waals surface area contributed by atoms with Crippen molar-refractivity contribution in [2.75, 3.05) is 6.54 Å². The number of hydrogen-bond acceptors (Lipinski definition) is 3. The maximum Gasteiger partial charge on any atom is 0.214 e. The molecule has 0 aromatic carbocycles. The van der Waals surface area contributed by atoms with E-state index in [4.69, 9.17) is 4.74 Å². The van der Waals surface area contributed by atoms with Crippen LogP contribution in [0.1, 0.15) is 58.2 Å². The van der Waals surface area contributed by atoms with Gasteiger partial charge in [0.05, 0.1) is 0 Å². The molecule has 1 aromatic heterocycles. The quantitative estimate of drug-likeness (QED) is 0.861. The molecule has 3 nitrogen and oxygen atoms in total. The maximum absolute atomic E-state index is 6.20. The number of aromatic nitrogens is 1. The zero-order chi connectivity index (χ0) is 15.2. The number of hydrogen-bond donors (Lipinski definition) is 1. The van der Waals surface area contributed by atoms with Crippen LogP contribution in [0.15, 0.2) is 12.1 Å². The van der Waals surface area contributed by atoms with E-state index in [1.807, 2.05) is 0 Å². The standard InChI is InChI=1S/C18H30N2O/c1-5-16-10-15(12-19-6-2)11-18(20-16)21-17-8-7-13(3)14(4)9-17/h10-11,13-14,17,19H,5-9,12H2,1-4H3. The molecule has 0 spiro atoms. The second kappa shape index (κ2) is 7.79. The highest BCUT2D eigenvalue weighted by molar-refractivity contribution is 5.25. The largest absolute Gasteiger partial charge is 0.474 e. The number of aryl methyl sites for hydroxylation is 1. The van der Waals surface area contributed by atoms with E-state index in [0.29, 0.717) is 6.10 Å². The van der Waals surface area contributed by atoms with E-state index in [9.17, 15) is 0 Å². The molecule has 1 aromatic rings. The fraction of sp³-hybridized carbons (Fsp3) is 0.722. The summed E-state index contributed by atoms with van der Waals surface area (Å²) in [6, 6.07) is 4.28. The third-order valence-corrected chi connectivity index (χ3v) is 4.69. The van der Waals surface area contributed by atoms with Crippen molar-refractivity contribution in [1.82, 2.24) is 10.3 Å². The summed E-state index contributed by atoms with van der Waals surface area (Å²) in [6.07, 6.45) is 4.87. The molecular weight excluding hydrogens is 260 g/mol. The summed E-state index contributed by atoms with van der Waals surface area (Å²) in [5, 5.41) is 3.38. The Morgan fingerprint density at radius 3 is 2.67 bits per heavy atom. The summed E-state index contributed by atoms with van der Waals surface area (Å²) >= 11 is 0. The number of nitrogens with zero attached hydrogens (tertiary/aromatic N) is 1. The first-order chi connectivity index (χ1) is 10.1. The van der Waals surface area contributed by atoms with Gasteiger partial charge in [-0.15, -0.1) is 0 Å². The van der Waals surface area contributed by atoms with Crippen molar-refractivity contribution in [3.63, 3.8) is 0 Å². The molecule has 2 rings (SSSR count). The lowest BCUT2D eigenvalue weighted by Gasteiger charge is -2.32. The summed E-state index contributed by atoms with van der Waals surface area (Å²) < 4.78 is 6.20. The van der Waals surface area contributed by atoms with Gasteiger partial charge in [-0.25, -0.2) is 4.98 Å². The van der Waals surface area contributed by atoms with Crippen molar-refractivity contribution in [3.05, 3.63) is 23.4 Å². The second-order valence-corrected chi connectivity index (χ2v) is 6.45. The molecule has 0 aliphatic heterocycles. The first-order valence-electron chi connectivity index (χ1n) is 8.49. The van der Waals surface area contributed by atoms with Gasteiger partial charge in [0.2, 0.25) is 5.88 Å². The molecule has 0 radical (unpaired) electrons. The van der Waals surface area contributed by atoms with Gasteiger partial charge in [0.1, 0.15) is 6.10 Å². The highest BCUT2D eigenvalue weighted by Crippen LogP contribution is 2.31. The lowest BCUT2D eigenvalue weighted by molar-refractivity contribution is 0.0962. The fourth-order valence-electron chi connectivity index (χ4n) is 3.01. The van der Waals surface area contributed by atoms with Crippen LogP contribution in [0.5, 0.6) is 5.88 Å². The van der Waals surface area contributed by atoms with Crippen LogP contribution < -0.4 is 10.1 Å². The highest BCUT2D eigenvalue weighted by atomic mass is 16.5. The molecule has 0 bridgehead atoms. The lowest BCUT2D eigenvalue weighted by Crippen LogP contribution is -2.29. The zero-order valence-corrected chi connectivity index (χ0v) is 14.0. The number of nitrogens with one attached hydrogen (secondary N) is 1. The van der Waals surface area contributed by atoms with Crippen LogP contribution in [-0.2, 0) is 13.0 Å². The van der Waals surface area contributed by atoms with E-state index >= 15 is 0 Å². The predicted octanol–water partition coefficient (Wildman–Crippen LogP) is 3.96. The third kappa shape index (κ3) is 4.70. The normalized spacial score (nSPS) is 25.8. The van der Waals surface area contributed by atoms with Gasteiger partial charge in [-0.05, 0) is 55.7 Å². The van der Waals surface area contributed by atoms with E-state index in [2.05, 4.69) is 50.1 Å². The summed E-state index contributed by atoms with van der Waals surface area (Å²) in [4.78, 5) is 4.65. The number of rotatable bonds is 6. The van der Waals surface area contributed by atoms with Crippen molar-refractivity contribution in [3.8, 4) is 5.88 Å². The molecule has 118 valence electrons.